The Morgan fingerprint density at radius 2 is 1.86 bits per heavy atom. The topological polar surface area (TPSA) is 120 Å². The summed E-state index contributed by atoms with van der Waals surface area (Å²) in [7, 11) is 0. The molecule has 1 aromatic heterocycles. The van der Waals surface area contributed by atoms with Gasteiger partial charge in [-0.05, 0) is 61.2 Å². The average molecular weight is 498 g/mol. The molecule has 1 fully saturated rings. The molecule has 2 aliphatic rings. The molecule has 3 aromatic rings. The lowest BCUT2D eigenvalue weighted by Gasteiger charge is -2.29. The van der Waals surface area contributed by atoms with E-state index >= 15 is 0 Å². The minimum atomic E-state index is -0.703. The van der Waals surface area contributed by atoms with Crippen molar-refractivity contribution in [2.24, 2.45) is 0 Å². The first-order chi connectivity index (χ1) is 17.7. The summed E-state index contributed by atoms with van der Waals surface area (Å²) in [6.07, 6.45) is 4.01. The maximum atomic E-state index is 13.0. The van der Waals surface area contributed by atoms with Gasteiger partial charge in [-0.3, -0.25) is 24.7 Å². The maximum Gasteiger partial charge on any atom is 0.319 e. The summed E-state index contributed by atoms with van der Waals surface area (Å²) in [6.45, 7) is 4.10. The summed E-state index contributed by atoms with van der Waals surface area (Å²) in [5.41, 5.74) is 3.91. The van der Waals surface area contributed by atoms with Crippen molar-refractivity contribution in [3.05, 3.63) is 83.7 Å². The summed E-state index contributed by atoms with van der Waals surface area (Å²) < 4.78 is 0. The molecule has 5 rings (SSSR count). The minimum absolute atomic E-state index is 0.198. The van der Waals surface area contributed by atoms with Crippen LogP contribution in [0.2, 0.25) is 0 Å². The zero-order chi connectivity index (χ0) is 26.2. The van der Waals surface area contributed by atoms with E-state index in [9.17, 15) is 19.2 Å². The maximum absolute atomic E-state index is 13.0. The number of rotatable bonds is 5. The number of carbonyl (C=O) groups is 4. The van der Waals surface area contributed by atoms with Crippen LogP contribution in [-0.2, 0) is 21.7 Å². The smallest absolute Gasteiger partial charge is 0.319 e. The van der Waals surface area contributed by atoms with Crippen molar-refractivity contribution in [3.63, 3.8) is 0 Å². The number of pyridine rings is 1. The van der Waals surface area contributed by atoms with E-state index < -0.39 is 23.5 Å². The molecule has 2 aromatic carbocycles. The van der Waals surface area contributed by atoms with Crippen molar-refractivity contribution in [2.45, 2.75) is 44.8 Å². The second-order valence-corrected chi connectivity index (χ2v) is 9.76. The molecule has 2 aliphatic heterocycles. The molecule has 5 amide bonds. The van der Waals surface area contributed by atoms with E-state index in [-0.39, 0.29) is 24.8 Å². The second-order valence-electron chi connectivity index (χ2n) is 9.76. The first kappa shape index (κ1) is 24.2. The third kappa shape index (κ3) is 4.80. The van der Waals surface area contributed by atoms with E-state index in [0.717, 1.165) is 16.7 Å². The molecule has 0 saturated carbocycles. The molecule has 1 unspecified atom stereocenters. The van der Waals surface area contributed by atoms with Crippen molar-refractivity contribution in [1.82, 2.24) is 20.5 Å². The molecule has 37 heavy (non-hydrogen) atoms. The number of imide groups is 1. The van der Waals surface area contributed by atoms with Gasteiger partial charge in [0.1, 0.15) is 6.04 Å². The Bertz CT molecular complexity index is 1400. The molecule has 1 saturated heterocycles. The lowest BCUT2D eigenvalue weighted by molar-refractivity contribution is -0.136. The Kier molecular flexibility index (Phi) is 6.20. The van der Waals surface area contributed by atoms with Gasteiger partial charge in [0.2, 0.25) is 11.8 Å². The Morgan fingerprint density at radius 1 is 1.05 bits per heavy atom. The van der Waals surface area contributed by atoms with Crippen molar-refractivity contribution in [2.75, 3.05) is 5.32 Å². The Balaban J connectivity index is 1.29. The molecule has 0 aliphatic carbocycles. The Morgan fingerprint density at radius 3 is 2.62 bits per heavy atom. The van der Waals surface area contributed by atoms with Gasteiger partial charge in [-0.2, -0.15) is 0 Å². The third-order valence-corrected chi connectivity index (χ3v) is 6.78. The number of hydrogen-bond acceptors (Lipinski definition) is 5. The predicted molar refractivity (Wildman–Crippen MR) is 137 cm³/mol. The van der Waals surface area contributed by atoms with Crippen molar-refractivity contribution in [1.29, 1.82) is 0 Å². The Labute approximate surface area is 214 Å². The van der Waals surface area contributed by atoms with Gasteiger partial charge >= 0.3 is 6.03 Å². The summed E-state index contributed by atoms with van der Waals surface area (Å²) in [5, 5.41) is 8.21. The highest BCUT2D eigenvalue weighted by Gasteiger charge is 2.39. The van der Waals surface area contributed by atoms with Gasteiger partial charge in [-0.1, -0.05) is 30.3 Å². The fraction of sp³-hybridized carbons (Fsp3) is 0.250. The van der Waals surface area contributed by atoms with Crippen LogP contribution in [-0.4, -0.2) is 39.7 Å². The SMILES string of the molecule is CC(C)(NC(=O)Nc1ccc2c(c1)CN(C1CCC(=O)NC1=O)C2=O)c1ccccc1-c1cccnc1. The Hall–Kier alpha value is -4.53. The number of carbonyl (C=O) groups excluding carboxylic acids is 4. The monoisotopic (exact) mass is 497 g/mol. The third-order valence-electron chi connectivity index (χ3n) is 6.78. The molecule has 3 N–H and O–H groups in total. The van der Waals surface area contributed by atoms with Crippen LogP contribution in [0, 0.1) is 0 Å². The highest BCUT2D eigenvalue weighted by molar-refractivity contribution is 6.05. The zero-order valence-electron chi connectivity index (χ0n) is 20.6. The number of fused-ring (bicyclic) bond motifs is 1. The van der Waals surface area contributed by atoms with E-state index in [1.807, 2.05) is 50.2 Å². The van der Waals surface area contributed by atoms with Gasteiger partial charge < -0.3 is 15.5 Å². The molecular weight excluding hydrogens is 470 g/mol. The highest BCUT2D eigenvalue weighted by Crippen LogP contribution is 2.32. The molecule has 188 valence electrons. The summed E-state index contributed by atoms with van der Waals surface area (Å²) >= 11 is 0. The number of hydrogen-bond donors (Lipinski definition) is 3. The number of nitrogens with one attached hydrogen (secondary N) is 3. The zero-order valence-corrected chi connectivity index (χ0v) is 20.6. The quantitative estimate of drug-likeness (QED) is 0.466. The van der Waals surface area contributed by atoms with Crippen molar-refractivity contribution in [3.8, 4) is 11.1 Å². The molecule has 0 bridgehead atoms. The van der Waals surface area contributed by atoms with Gasteiger partial charge in [0.05, 0.1) is 5.54 Å². The molecule has 0 radical (unpaired) electrons. The fourth-order valence-corrected chi connectivity index (χ4v) is 4.97. The van der Waals surface area contributed by atoms with Crippen LogP contribution in [0.4, 0.5) is 10.5 Å². The van der Waals surface area contributed by atoms with E-state index in [4.69, 9.17) is 0 Å². The van der Waals surface area contributed by atoms with Crippen LogP contribution in [0.15, 0.2) is 67.0 Å². The van der Waals surface area contributed by atoms with Crippen LogP contribution in [0.1, 0.15) is 48.2 Å². The minimum Gasteiger partial charge on any atom is -0.329 e. The average Bonchev–Trinajstić information content (AvgIpc) is 3.19. The van der Waals surface area contributed by atoms with Crippen LogP contribution >= 0.6 is 0 Å². The standard InChI is InChI=1S/C28H27N5O4/c1-28(2,22-8-4-3-7-20(22)17-6-5-13-29-15-17)32-27(37)30-19-9-10-21-18(14-19)16-33(26(21)36)23-11-12-24(34)31-25(23)35/h3-10,13-15,23H,11-12,16H2,1-2H3,(H2,30,32,37)(H,31,34,35). The predicted octanol–water partition coefficient (Wildman–Crippen LogP) is 3.57. The van der Waals surface area contributed by atoms with Crippen molar-refractivity contribution >= 4 is 29.4 Å². The number of nitrogens with zero attached hydrogens (tertiary/aromatic N) is 2. The van der Waals surface area contributed by atoms with Gasteiger partial charge in [0.25, 0.3) is 5.91 Å². The van der Waals surface area contributed by atoms with Gasteiger partial charge in [0, 0.05) is 42.2 Å². The van der Waals surface area contributed by atoms with Crippen molar-refractivity contribution < 1.29 is 19.2 Å². The molecule has 3 heterocycles. The lowest BCUT2D eigenvalue weighted by Crippen LogP contribution is -2.52. The number of urea groups is 1. The summed E-state index contributed by atoms with van der Waals surface area (Å²) in [6, 6.07) is 15.7. The van der Waals surface area contributed by atoms with E-state index in [2.05, 4.69) is 20.9 Å². The first-order valence-corrected chi connectivity index (χ1v) is 12.1. The van der Waals surface area contributed by atoms with E-state index in [1.54, 1.807) is 30.6 Å². The van der Waals surface area contributed by atoms with Crippen LogP contribution in [0.3, 0.4) is 0 Å². The van der Waals surface area contributed by atoms with E-state index in [0.29, 0.717) is 23.2 Å². The van der Waals surface area contributed by atoms with Crippen LogP contribution in [0.5, 0.6) is 0 Å². The fourth-order valence-electron chi connectivity index (χ4n) is 4.97. The summed E-state index contributed by atoms with van der Waals surface area (Å²) in [5.74, 6) is -1.04. The number of aromatic nitrogens is 1. The van der Waals surface area contributed by atoms with Gasteiger partial charge in [-0.15, -0.1) is 0 Å². The molecule has 0 spiro atoms. The molecule has 9 heteroatoms. The van der Waals surface area contributed by atoms with Crippen LogP contribution < -0.4 is 16.0 Å². The molecule has 1 atom stereocenters. The largest absolute Gasteiger partial charge is 0.329 e. The molecule has 9 nitrogen and oxygen atoms in total. The van der Waals surface area contributed by atoms with Gasteiger partial charge in [0.15, 0.2) is 0 Å². The number of amides is 5. The van der Waals surface area contributed by atoms with Crippen LogP contribution in [0.25, 0.3) is 11.1 Å². The van der Waals surface area contributed by atoms with Gasteiger partial charge in [-0.25, -0.2) is 4.79 Å². The highest BCUT2D eigenvalue weighted by atomic mass is 16.2. The number of anilines is 1. The second kappa shape index (κ2) is 9.50. The number of benzene rings is 2. The molecular formula is C28H27N5O4. The van der Waals surface area contributed by atoms with E-state index in [1.165, 1.54) is 4.90 Å². The lowest BCUT2D eigenvalue weighted by atomic mass is 9.87. The number of piperidine rings is 1. The first-order valence-electron chi connectivity index (χ1n) is 12.1. The summed E-state index contributed by atoms with van der Waals surface area (Å²) in [4.78, 5) is 55.4. The normalized spacial score (nSPS) is 17.3.